The number of rotatable bonds is 16. The molecular weight excluding hydrogens is 416 g/mol. The summed E-state index contributed by atoms with van der Waals surface area (Å²) < 4.78 is 6.91. The number of carbonyl (C=O) groups is 2. The third kappa shape index (κ3) is 9.90. The number of hydrogen-bond acceptors (Lipinski definition) is 3. The highest BCUT2D eigenvalue weighted by molar-refractivity contribution is 6.74. The van der Waals surface area contributed by atoms with E-state index in [1.165, 1.54) is 24.8 Å². The Hall–Kier alpha value is -0.943. The van der Waals surface area contributed by atoms with Crippen molar-refractivity contribution < 1.29 is 19.1 Å². The van der Waals surface area contributed by atoms with E-state index in [-0.39, 0.29) is 23.5 Å². The van der Waals surface area contributed by atoms with E-state index in [1.807, 2.05) is 0 Å². The zero-order valence-electron chi connectivity index (χ0n) is 22.0. The number of aliphatic carboxylic acids is 1. The summed E-state index contributed by atoms with van der Waals surface area (Å²) in [6.07, 6.45) is 13.5. The average molecular weight is 467 g/mol. The van der Waals surface area contributed by atoms with E-state index in [0.717, 1.165) is 44.9 Å². The number of ketones is 1. The van der Waals surface area contributed by atoms with Crippen molar-refractivity contribution in [2.45, 2.75) is 136 Å². The molecule has 32 heavy (non-hydrogen) atoms. The normalized spacial score (nSPS) is 19.2. The van der Waals surface area contributed by atoms with Crippen molar-refractivity contribution in [3.05, 3.63) is 11.6 Å². The highest BCUT2D eigenvalue weighted by atomic mass is 28.4. The molecule has 3 atom stereocenters. The first-order chi connectivity index (χ1) is 14.9. The maximum atomic E-state index is 12.5. The van der Waals surface area contributed by atoms with Gasteiger partial charge in [-0.05, 0) is 56.2 Å². The van der Waals surface area contributed by atoms with Crippen LogP contribution in [0.4, 0.5) is 0 Å². The maximum Gasteiger partial charge on any atom is 0.303 e. The van der Waals surface area contributed by atoms with Crippen molar-refractivity contribution in [1.29, 1.82) is 0 Å². The molecule has 5 heteroatoms. The van der Waals surface area contributed by atoms with Crippen LogP contribution in [-0.2, 0) is 14.0 Å². The SMILES string of the molecule is CCCCC(C)[C@H](CCC1=CCC(=O)[C@@H]1CCCCCCC(=O)O)O[Si](C)(C)C(C)(C)C. The molecule has 0 heterocycles. The van der Waals surface area contributed by atoms with Crippen LogP contribution in [0.3, 0.4) is 0 Å². The van der Waals surface area contributed by atoms with Crippen molar-refractivity contribution in [1.82, 2.24) is 0 Å². The second-order valence-electron chi connectivity index (χ2n) is 11.4. The Bertz CT molecular complexity index is 618. The summed E-state index contributed by atoms with van der Waals surface area (Å²) in [6.45, 7) is 16.2. The molecule has 0 saturated heterocycles. The zero-order valence-corrected chi connectivity index (χ0v) is 23.0. The fourth-order valence-electron chi connectivity index (χ4n) is 4.36. The van der Waals surface area contributed by atoms with Crippen LogP contribution in [0.15, 0.2) is 11.6 Å². The number of carboxylic acids is 1. The third-order valence-electron chi connectivity index (χ3n) is 7.65. The van der Waals surface area contributed by atoms with Crippen LogP contribution in [0.25, 0.3) is 0 Å². The zero-order chi connectivity index (χ0) is 24.4. The first-order valence-electron chi connectivity index (χ1n) is 13.0. The lowest BCUT2D eigenvalue weighted by molar-refractivity contribution is -0.137. The summed E-state index contributed by atoms with van der Waals surface area (Å²) in [6, 6.07) is 0. The van der Waals surface area contributed by atoms with E-state index >= 15 is 0 Å². The van der Waals surface area contributed by atoms with Crippen LogP contribution in [-0.4, -0.2) is 31.3 Å². The van der Waals surface area contributed by atoms with Crippen molar-refractivity contribution in [2.24, 2.45) is 11.8 Å². The Labute approximate surface area is 198 Å². The number of allylic oxidation sites excluding steroid dienone is 2. The van der Waals surface area contributed by atoms with Gasteiger partial charge >= 0.3 is 5.97 Å². The molecule has 0 radical (unpaired) electrons. The van der Waals surface area contributed by atoms with Gasteiger partial charge in [0.05, 0.1) is 0 Å². The van der Waals surface area contributed by atoms with Gasteiger partial charge in [-0.25, -0.2) is 0 Å². The van der Waals surface area contributed by atoms with E-state index in [9.17, 15) is 9.59 Å². The van der Waals surface area contributed by atoms with Crippen molar-refractivity contribution >= 4 is 20.1 Å². The molecule has 0 aliphatic heterocycles. The second-order valence-corrected chi connectivity index (χ2v) is 16.2. The highest BCUT2D eigenvalue weighted by Crippen LogP contribution is 2.40. The van der Waals surface area contributed by atoms with Crippen LogP contribution in [0.1, 0.15) is 112 Å². The van der Waals surface area contributed by atoms with Crippen molar-refractivity contribution in [2.75, 3.05) is 0 Å². The minimum atomic E-state index is -1.85. The van der Waals surface area contributed by atoms with Crippen LogP contribution in [0.2, 0.25) is 18.1 Å². The van der Waals surface area contributed by atoms with Gasteiger partial charge in [0.2, 0.25) is 0 Å². The third-order valence-corrected chi connectivity index (χ3v) is 12.2. The lowest BCUT2D eigenvalue weighted by Gasteiger charge is -2.41. The standard InChI is InChI=1S/C27H50O4Si/c1-8-9-14-21(2)25(31-32(6,7)27(3,4)5)20-18-22-17-19-24(28)23(22)15-12-10-11-13-16-26(29)30/h17,21,23,25H,8-16,18-20H2,1-7H3,(H,29,30)/t21?,23-,25+/m1/s1. The fourth-order valence-corrected chi connectivity index (χ4v) is 5.82. The smallest absolute Gasteiger partial charge is 0.303 e. The van der Waals surface area contributed by atoms with E-state index < -0.39 is 14.3 Å². The lowest BCUT2D eigenvalue weighted by atomic mass is 9.88. The largest absolute Gasteiger partial charge is 0.481 e. The van der Waals surface area contributed by atoms with E-state index in [0.29, 0.717) is 18.1 Å². The number of hydrogen-bond donors (Lipinski definition) is 1. The molecule has 186 valence electrons. The van der Waals surface area contributed by atoms with Gasteiger partial charge in [0.1, 0.15) is 5.78 Å². The highest BCUT2D eigenvalue weighted by Gasteiger charge is 2.40. The minimum absolute atomic E-state index is 0.0777. The summed E-state index contributed by atoms with van der Waals surface area (Å²) >= 11 is 0. The predicted molar refractivity (Wildman–Crippen MR) is 137 cm³/mol. The molecule has 0 saturated carbocycles. The van der Waals surface area contributed by atoms with E-state index in [1.54, 1.807) is 0 Å². The molecule has 0 spiro atoms. The number of carboxylic acid groups (broad SMARTS) is 1. The monoisotopic (exact) mass is 466 g/mol. The number of unbranched alkanes of at least 4 members (excludes halogenated alkanes) is 4. The molecule has 1 aliphatic carbocycles. The summed E-state index contributed by atoms with van der Waals surface area (Å²) in [5.74, 6) is 0.263. The maximum absolute atomic E-state index is 12.5. The van der Waals surface area contributed by atoms with E-state index in [2.05, 4.69) is 53.8 Å². The van der Waals surface area contributed by atoms with Gasteiger partial charge in [-0.2, -0.15) is 0 Å². The topological polar surface area (TPSA) is 63.6 Å². The summed E-state index contributed by atoms with van der Waals surface area (Å²) in [5, 5.41) is 8.95. The molecule has 1 aliphatic rings. The van der Waals surface area contributed by atoms with Crippen LogP contribution >= 0.6 is 0 Å². The van der Waals surface area contributed by atoms with Gasteiger partial charge in [-0.1, -0.05) is 78.4 Å². The van der Waals surface area contributed by atoms with Gasteiger partial charge in [0.15, 0.2) is 8.32 Å². The average Bonchev–Trinajstić information content (AvgIpc) is 3.04. The number of Topliss-reactive ketones (excluding diaryl/α,β-unsaturated/α-hetero) is 1. The first-order valence-corrected chi connectivity index (χ1v) is 15.9. The molecule has 4 nitrogen and oxygen atoms in total. The van der Waals surface area contributed by atoms with Crippen LogP contribution < -0.4 is 0 Å². The quantitative estimate of drug-likeness (QED) is 0.142. The Kier molecular flexibility index (Phi) is 12.4. The van der Waals surface area contributed by atoms with Gasteiger partial charge < -0.3 is 9.53 Å². The number of carbonyl (C=O) groups excluding carboxylic acids is 1. The Balaban J connectivity index is 2.67. The molecule has 1 N–H and O–H groups in total. The molecule has 0 amide bonds. The van der Waals surface area contributed by atoms with Gasteiger partial charge in [-0.3, -0.25) is 9.59 Å². The predicted octanol–water partition coefficient (Wildman–Crippen LogP) is 7.92. The molecule has 1 rings (SSSR count). The van der Waals surface area contributed by atoms with Gasteiger partial charge in [0, 0.05) is 24.9 Å². The molecule has 0 fully saturated rings. The van der Waals surface area contributed by atoms with Gasteiger partial charge in [0.25, 0.3) is 0 Å². The van der Waals surface area contributed by atoms with Crippen LogP contribution in [0.5, 0.6) is 0 Å². The lowest BCUT2D eigenvalue weighted by Crippen LogP contribution is -2.45. The Morgan fingerprint density at radius 3 is 2.41 bits per heavy atom. The first kappa shape index (κ1) is 29.1. The van der Waals surface area contributed by atoms with Crippen LogP contribution in [0, 0.1) is 11.8 Å². The van der Waals surface area contributed by atoms with Crippen molar-refractivity contribution in [3.63, 3.8) is 0 Å². The summed E-state index contributed by atoms with van der Waals surface area (Å²) in [7, 11) is -1.85. The van der Waals surface area contributed by atoms with Crippen molar-refractivity contribution in [3.8, 4) is 0 Å². The molecular formula is C27H50O4Si. The second kappa shape index (κ2) is 13.7. The minimum Gasteiger partial charge on any atom is -0.481 e. The molecule has 0 aromatic heterocycles. The molecule has 0 aromatic rings. The van der Waals surface area contributed by atoms with E-state index in [4.69, 9.17) is 9.53 Å². The Morgan fingerprint density at radius 2 is 1.81 bits per heavy atom. The summed E-state index contributed by atoms with van der Waals surface area (Å²) in [5.41, 5.74) is 1.33. The summed E-state index contributed by atoms with van der Waals surface area (Å²) in [4.78, 5) is 23.2. The Morgan fingerprint density at radius 1 is 1.16 bits per heavy atom. The molecule has 0 bridgehead atoms. The molecule has 1 unspecified atom stereocenters. The molecule has 0 aromatic carbocycles. The van der Waals surface area contributed by atoms with Gasteiger partial charge in [-0.15, -0.1) is 0 Å². The fraction of sp³-hybridized carbons (Fsp3) is 0.852.